The molecule has 0 spiro atoms. The molecule has 0 aromatic carbocycles. The maximum atomic E-state index is 9.21. The molecule has 0 amide bonds. The number of aryl methyl sites for hydroxylation is 1. The molecule has 0 fully saturated rings. The van der Waals surface area contributed by atoms with E-state index in [1.807, 2.05) is 12.3 Å². The van der Waals surface area contributed by atoms with Crippen LogP contribution >= 0.6 is 11.3 Å². The second-order valence-corrected chi connectivity index (χ2v) is 4.75. The first-order valence-corrected chi connectivity index (χ1v) is 5.77. The van der Waals surface area contributed by atoms with Crippen LogP contribution in [-0.2, 0) is 0 Å². The van der Waals surface area contributed by atoms with Crippen LogP contribution < -0.4 is 5.32 Å². The van der Waals surface area contributed by atoms with Crippen molar-refractivity contribution in [2.45, 2.75) is 26.8 Å². The number of nitrogens with zero attached hydrogens (tertiary/aromatic N) is 1. The van der Waals surface area contributed by atoms with Gasteiger partial charge in [0, 0.05) is 11.1 Å². The molecule has 0 aliphatic rings. The molecule has 1 rings (SSSR count). The van der Waals surface area contributed by atoms with Crippen molar-refractivity contribution in [3.8, 4) is 0 Å². The second kappa shape index (κ2) is 5.44. The summed E-state index contributed by atoms with van der Waals surface area (Å²) in [6, 6.07) is -0.00361. The molecule has 1 unspecified atom stereocenters. The van der Waals surface area contributed by atoms with Crippen LogP contribution in [0.2, 0.25) is 0 Å². The highest BCUT2D eigenvalue weighted by atomic mass is 32.1. The fourth-order valence-corrected chi connectivity index (χ4v) is 2.00. The van der Waals surface area contributed by atoms with Gasteiger partial charge in [0.2, 0.25) is 0 Å². The van der Waals surface area contributed by atoms with E-state index in [-0.39, 0.29) is 12.6 Å². The molecule has 0 bridgehead atoms. The average Bonchev–Trinajstić information content (AvgIpc) is 2.53. The van der Waals surface area contributed by atoms with Crippen LogP contribution in [0, 0.1) is 12.8 Å². The average molecular weight is 214 g/mol. The van der Waals surface area contributed by atoms with Crippen molar-refractivity contribution in [2.24, 2.45) is 5.92 Å². The summed E-state index contributed by atoms with van der Waals surface area (Å²) in [6.45, 7) is 7.28. The van der Waals surface area contributed by atoms with Crippen molar-refractivity contribution in [2.75, 3.05) is 13.2 Å². The number of aliphatic hydroxyl groups is 1. The first-order chi connectivity index (χ1) is 6.63. The van der Waals surface area contributed by atoms with E-state index < -0.39 is 0 Å². The number of aromatic nitrogens is 1. The lowest BCUT2D eigenvalue weighted by Crippen LogP contribution is -2.27. The quantitative estimate of drug-likeness (QED) is 0.784. The standard InChI is InChI=1S/C10H18N2OS/c1-7(2)4-11-9(5-13)10-12-8(3)6-14-10/h6-7,9,11,13H,4-5H2,1-3H3. The van der Waals surface area contributed by atoms with Crippen molar-refractivity contribution in [3.63, 3.8) is 0 Å². The molecule has 0 saturated heterocycles. The maximum Gasteiger partial charge on any atom is 0.112 e. The van der Waals surface area contributed by atoms with Crippen molar-refractivity contribution in [1.82, 2.24) is 10.3 Å². The molecule has 1 atom stereocenters. The predicted molar refractivity (Wildman–Crippen MR) is 59.5 cm³/mol. The van der Waals surface area contributed by atoms with Gasteiger partial charge < -0.3 is 10.4 Å². The zero-order chi connectivity index (χ0) is 10.6. The predicted octanol–water partition coefficient (Wildman–Crippen LogP) is 1.73. The van der Waals surface area contributed by atoms with E-state index in [4.69, 9.17) is 0 Å². The maximum absolute atomic E-state index is 9.21. The Balaban J connectivity index is 2.54. The smallest absolute Gasteiger partial charge is 0.112 e. The van der Waals surface area contributed by atoms with Crippen LogP contribution in [-0.4, -0.2) is 23.2 Å². The Labute approximate surface area is 89.2 Å². The van der Waals surface area contributed by atoms with Gasteiger partial charge in [-0.1, -0.05) is 13.8 Å². The molecule has 3 nitrogen and oxygen atoms in total. The number of rotatable bonds is 5. The van der Waals surface area contributed by atoms with Crippen molar-refractivity contribution in [3.05, 3.63) is 16.1 Å². The summed E-state index contributed by atoms with van der Waals surface area (Å²) in [5.74, 6) is 0.588. The van der Waals surface area contributed by atoms with Crippen molar-refractivity contribution >= 4 is 11.3 Å². The molecule has 1 aromatic heterocycles. The van der Waals surface area contributed by atoms with Gasteiger partial charge in [0.05, 0.1) is 12.6 Å². The zero-order valence-corrected chi connectivity index (χ0v) is 9.77. The Kier molecular flexibility index (Phi) is 4.51. The van der Waals surface area contributed by atoms with Crippen molar-refractivity contribution in [1.29, 1.82) is 0 Å². The minimum absolute atomic E-state index is 0.00361. The zero-order valence-electron chi connectivity index (χ0n) is 8.95. The summed E-state index contributed by atoms with van der Waals surface area (Å²) >= 11 is 1.60. The number of aliphatic hydroxyl groups excluding tert-OH is 1. The third-order valence-corrected chi connectivity index (χ3v) is 2.97. The molecule has 4 heteroatoms. The highest BCUT2D eigenvalue weighted by molar-refractivity contribution is 7.09. The monoisotopic (exact) mass is 214 g/mol. The van der Waals surface area contributed by atoms with Gasteiger partial charge in [0.15, 0.2) is 0 Å². The molecule has 0 radical (unpaired) electrons. The van der Waals surface area contributed by atoms with Gasteiger partial charge >= 0.3 is 0 Å². The molecule has 1 aromatic rings. The molecular formula is C10H18N2OS. The fraction of sp³-hybridized carbons (Fsp3) is 0.700. The molecular weight excluding hydrogens is 196 g/mol. The van der Waals surface area contributed by atoms with E-state index in [9.17, 15) is 5.11 Å². The molecule has 14 heavy (non-hydrogen) atoms. The summed E-state index contributed by atoms with van der Waals surface area (Å²) in [5, 5.41) is 15.5. The highest BCUT2D eigenvalue weighted by Gasteiger charge is 2.13. The Morgan fingerprint density at radius 1 is 1.57 bits per heavy atom. The highest BCUT2D eigenvalue weighted by Crippen LogP contribution is 2.17. The lowest BCUT2D eigenvalue weighted by molar-refractivity contribution is 0.240. The molecule has 80 valence electrons. The lowest BCUT2D eigenvalue weighted by Gasteiger charge is -2.15. The minimum Gasteiger partial charge on any atom is -0.394 e. The summed E-state index contributed by atoms with van der Waals surface area (Å²) < 4.78 is 0. The third-order valence-electron chi connectivity index (χ3n) is 1.89. The van der Waals surface area contributed by atoms with Crippen LogP contribution in [0.5, 0.6) is 0 Å². The topological polar surface area (TPSA) is 45.1 Å². The van der Waals surface area contributed by atoms with Gasteiger partial charge in [-0.3, -0.25) is 0 Å². The van der Waals surface area contributed by atoms with Gasteiger partial charge in [-0.05, 0) is 19.4 Å². The summed E-state index contributed by atoms with van der Waals surface area (Å²) in [5.41, 5.74) is 1.02. The first kappa shape index (κ1) is 11.6. The van der Waals surface area contributed by atoms with Gasteiger partial charge in [-0.2, -0.15) is 0 Å². The van der Waals surface area contributed by atoms with E-state index in [1.54, 1.807) is 11.3 Å². The molecule has 2 N–H and O–H groups in total. The summed E-state index contributed by atoms with van der Waals surface area (Å²) in [6.07, 6.45) is 0. The second-order valence-electron chi connectivity index (χ2n) is 3.86. The Morgan fingerprint density at radius 2 is 2.29 bits per heavy atom. The fourth-order valence-electron chi connectivity index (χ4n) is 1.14. The Morgan fingerprint density at radius 3 is 2.71 bits per heavy atom. The molecule has 1 heterocycles. The largest absolute Gasteiger partial charge is 0.394 e. The van der Waals surface area contributed by atoms with E-state index >= 15 is 0 Å². The number of hydrogen-bond acceptors (Lipinski definition) is 4. The number of thiazole rings is 1. The van der Waals surface area contributed by atoms with Gasteiger partial charge in [-0.25, -0.2) is 4.98 Å². The van der Waals surface area contributed by atoms with Gasteiger partial charge in [0.25, 0.3) is 0 Å². The van der Waals surface area contributed by atoms with Gasteiger partial charge in [0.1, 0.15) is 5.01 Å². The van der Waals surface area contributed by atoms with Crippen molar-refractivity contribution < 1.29 is 5.11 Å². The molecule has 0 aliphatic carbocycles. The van der Waals surface area contributed by atoms with Crippen LogP contribution in [0.25, 0.3) is 0 Å². The van der Waals surface area contributed by atoms with E-state index in [0.717, 1.165) is 17.2 Å². The Hall–Kier alpha value is -0.450. The van der Waals surface area contributed by atoms with E-state index in [2.05, 4.69) is 24.1 Å². The third kappa shape index (κ3) is 3.36. The Bertz CT molecular complexity index is 273. The number of hydrogen-bond donors (Lipinski definition) is 2. The number of nitrogens with one attached hydrogen (secondary N) is 1. The van der Waals surface area contributed by atoms with E-state index in [0.29, 0.717) is 5.92 Å². The van der Waals surface area contributed by atoms with Crippen LogP contribution in [0.1, 0.15) is 30.6 Å². The van der Waals surface area contributed by atoms with Crippen LogP contribution in [0.15, 0.2) is 5.38 Å². The summed E-state index contributed by atoms with van der Waals surface area (Å²) in [7, 11) is 0. The minimum atomic E-state index is -0.00361. The SMILES string of the molecule is Cc1csc(C(CO)NCC(C)C)n1. The lowest BCUT2D eigenvalue weighted by atomic mass is 10.2. The molecule has 0 aliphatic heterocycles. The normalized spacial score (nSPS) is 13.5. The van der Waals surface area contributed by atoms with Crippen LogP contribution in [0.3, 0.4) is 0 Å². The molecule has 0 saturated carbocycles. The first-order valence-electron chi connectivity index (χ1n) is 4.89. The van der Waals surface area contributed by atoms with E-state index in [1.165, 1.54) is 0 Å². The summed E-state index contributed by atoms with van der Waals surface area (Å²) in [4.78, 5) is 4.36. The van der Waals surface area contributed by atoms with Gasteiger partial charge in [-0.15, -0.1) is 11.3 Å². The van der Waals surface area contributed by atoms with Crippen LogP contribution in [0.4, 0.5) is 0 Å².